The monoisotopic (exact) mass is 488 g/mol. The molecule has 34 heavy (non-hydrogen) atoms. The highest BCUT2D eigenvalue weighted by Gasteiger charge is 2.12. The lowest BCUT2D eigenvalue weighted by Crippen LogP contribution is -2.35. The van der Waals surface area contributed by atoms with Gasteiger partial charge < -0.3 is 30.2 Å². The average Bonchev–Trinajstić information content (AvgIpc) is 2.83. The van der Waals surface area contributed by atoms with Crippen molar-refractivity contribution in [3.63, 3.8) is 0 Å². The highest BCUT2D eigenvalue weighted by Crippen LogP contribution is 2.14. The molecule has 2 amide bonds. The van der Waals surface area contributed by atoms with Gasteiger partial charge in [-0.15, -0.1) is 0 Å². The number of hydrogen-bond acceptors (Lipinski definition) is 6. The third kappa shape index (κ3) is 19.1. The standard InChI is InChI=1S/C26H52N2O6/c29-21-17-27(18-22-30)25(33)15-13-11-9-7-5-3-1-2-4-6-8-10-12-14-16-26(34)28(19-23-31)20-24-32/h29-32H,1-24H2. The summed E-state index contributed by atoms with van der Waals surface area (Å²) in [6.45, 7) is 0.960. The molecule has 0 saturated heterocycles. The third-order valence-corrected chi connectivity index (χ3v) is 6.22. The van der Waals surface area contributed by atoms with Gasteiger partial charge >= 0.3 is 0 Å². The minimum absolute atomic E-state index is 0.0272. The molecule has 0 aromatic heterocycles. The molecule has 0 aromatic rings. The highest BCUT2D eigenvalue weighted by molar-refractivity contribution is 5.76. The van der Waals surface area contributed by atoms with Crippen LogP contribution in [0, 0.1) is 0 Å². The number of unbranched alkanes of at least 4 members (excludes halogenated alkanes) is 13. The van der Waals surface area contributed by atoms with Crippen LogP contribution in [0.1, 0.15) is 103 Å². The topological polar surface area (TPSA) is 122 Å². The van der Waals surface area contributed by atoms with Gasteiger partial charge in [-0.3, -0.25) is 9.59 Å². The van der Waals surface area contributed by atoms with Gasteiger partial charge in [0, 0.05) is 39.0 Å². The molecule has 0 fully saturated rings. The lowest BCUT2D eigenvalue weighted by molar-refractivity contribution is -0.133. The molecule has 0 rings (SSSR count). The second-order valence-corrected chi connectivity index (χ2v) is 9.11. The second kappa shape index (κ2) is 24.9. The molecule has 4 N–H and O–H groups in total. The number of carbonyl (C=O) groups excluding carboxylic acids is 2. The predicted molar refractivity (Wildman–Crippen MR) is 135 cm³/mol. The summed E-state index contributed by atoms with van der Waals surface area (Å²) in [4.78, 5) is 27.1. The third-order valence-electron chi connectivity index (χ3n) is 6.22. The van der Waals surface area contributed by atoms with Crippen molar-refractivity contribution in [1.29, 1.82) is 0 Å². The zero-order valence-corrected chi connectivity index (χ0v) is 21.5. The molecular weight excluding hydrogens is 436 g/mol. The summed E-state index contributed by atoms with van der Waals surface area (Å²) in [7, 11) is 0. The smallest absolute Gasteiger partial charge is 0.222 e. The summed E-state index contributed by atoms with van der Waals surface area (Å²) in [5.41, 5.74) is 0. The summed E-state index contributed by atoms with van der Waals surface area (Å²) in [6, 6.07) is 0. The maximum Gasteiger partial charge on any atom is 0.222 e. The molecule has 0 aromatic carbocycles. The fourth-order valence-corrected chi connectivity index (χ4v) is 4.20. The highest BCUT2D eigenvalue weighted by atomic mass is 16.3. The number of hydrogen-bond donors (Lipinski definition) is 4. The Morgan fingerprint density at radius 2 is 0.588 bits per heavy atom. The van der Waals surface area contributed by atoms with E-state index in [-0.39, 0.29) is 38.2 Å². The zero-order valence-electron chi connectivity index (χ0n) is 21.5. The molecule has 0 radical (unpaired) electrons. The molecule has 0 aliphatic heterocycles. The van der Waals surface area contributed by atoms with E-state index in [1.165, 1.54) is 61.2 Å². The molecule has 0 unspecified atom stereocenters. The van der Waals surface area contributed by atoms with Crippen LogP contribution in [0.5, 0.6) is 0 Å². The SMILES string of the molecule is O=C(CCCCCCCCCCCCCCCCC(=O)N(CCO)CCO)N(CCO)CCO. The molecule has 0 heterocycles. The summed E-state index contributed by atoms with van der Waals surface area (Å²) in [6.07, 6.45) is 17.3. The van der Waals surface area contributed by atoms with Crippen LogP contribution in [0.15, 0.2) is 0 Å². The van der Waals surface area contributed by atoms with Gasteiger partial charge in [0.1, 0.15) is 0 Å². The first kappa shape index (κ1) is 32.8. The van der Waals surface area contributed by atoms with Crippen molar-refractivity contribution in [2.75, 3.05) is 52.6 Å². The van der Waals surface area contributed by atoms with Crippen LogP contribution in [0.2, 0.25) is 0 Å². The molecule has 8 heteroatoms. The van der Waals surface area contributed by atoms with Gasteiger partial charge in [-0.1, -0.05) is 77.0 Å². The first-order valence-electron chi connectivity index (χ1n) is 13.6. The largest absolute Gasteiger partial charge is 0.395 e. The zero-order chi connectivity index (χ0) is 25.3. The fraction of sp³-hybridized carbons (Fsp3) is 0.923. The van der Waals surface area contributed by atoms with Crippen LogP contribution in [0.4, 0.5) is 0 Å². The summed E-state index contributed by atoms with van der Waals surface area (Å²) < 4.78 is 0. The number of carbonyl (C=O) groups is 2. The number of nitrogens with zero attached hydrogens (tertiary/aromatic N) is 2. The first-order chi connectivity index (χ1) is 16.6. The van der Waals surface area contributed by atoms with Gasteiger partial charge in [0.05, 0.1) is 26.4 Å². The lowest BCUT2D eigenvalue weighted by Gasteiger charge is -2.20. The molecule has 0 saturated carbocycles. The van der Waals surface area contributed by atoms with Crippen LogP contribution in [0.3, 0.4) is 0 Å². The number of aliphatic hydroxyl groups excluding tert-OH is 4. The van der Waals surface area contributed by atoms with Gasteiger partial charge in [0.2, 0.25) is 11.8 Å². The minimum atomic E-state index is -0.0631. The predicted octanol–water partition coefficient (Wildman–Crippen LogP) is 2.85. The Labute approximate surface area is 207 Å². The fourth-order valence-electron chi connectivity index (χ4n) is 4.20. The Morgan fingerprint density at radius 3 is 0.794 bits per heavy atom. The van der Waals surface area contributed by atoms with E-state index in [4.69, 9.17) is 20.4 Å². The average molecular weight is 489 g/mol. The van der Waals surface area contributed by atoms with Crippen molar-refractivity contribution in [2.45, 2.75) is 103 Å². The summed E-state index contributed by atoms with van der Waals surface area (Å²) in [5, 5.41) is 35.9. The normalized spacial score (nSPS) is 11.1. The molecule has 8 nitrogen and oxygen atoms in total. The molecular formula is C26H52N2O6. The summed E-state index contributed by atoms with van der Waals surface area (Å²) in [5.74, 6) is 0.0543. The summed E-state index contributed by atoms with van der Waals surface area (Å²) >= 11 is 0. The van der Waals surface area contributed by atoms with Crippen LogP contribution in [-0.4, -0.2) is 94.6 Å². The van der Waals surface area contributed by atoms with Crippen molar-refractivity contribution < 1.29 is 30.0 Å². The van der Waals surface area contributed by atoms with Crippen molar-refractivity contribution in [2.24, 2.45) is 0 Å². The molecule has 0 spiro atoms. The van der Waals surface area contributed by atoms with Gasteiger partial charge in [-0.2, -0.15) is 0 Å². The molecule has 0 bridgehead atoms. The lowest BCUT2D eigenvalue weighted by atomic mass is 10.0. The second-order valence-electron chi connectivity index (χ2n) is 9.11. The Bertz CT molecular complexity index is 424. The van der Waals surface area contributed by atoms with Gasteiger partial charge in [0.15, 0.2) is 0 Å². The van der Waals surface area contributed by atoms with E-state index in [2.05, 4.69) is 0 Å². The molecule has 0 atom stereocenters. The minimum Gasteiger partial charge on any atom is -0.395 e. The maximum atomic E-state index is 12.0. The van der Waals surface area contributed by atoms with Crippen molar-refractivity contribution >= 4 is 11.8 Å². The maximum absolute atomic E-state index is 12.0. The molecule has 0 aliphatic carbocycles. The van der Waals surface area contributed by atoms with Gasteiger partial charge in [-0.25, -0.2) is 0 Å². The van der Waals surface area contributed by atoms with E-state index in [1.807, 2.05) is 0 Å². The Kier molecular flexibility index (Phi) is 24.0. The van der Waals surface area contributed by atoms with Crippen LogP contribution >= 0.6 is 0 Å². The quantitative estimate of drug-likeness (QED) is 0.147. The van der Waals surface area contributed by atoms with Crippen LogP contribution < -0.4 is 0 Å². The Hall–Kier alpha value is -1.22. The van der Waals surface area contributed by atoms with Crippen molar-refractivity contribution in [1.82, 2.24) is 9.80 Å². The van der Waals surface area contributed by atoms with Crippen molar-refractivity contribution in [3.8, 4) is 0 Å². The van der Waals surface area contributed by atoms with E-state index in [1.54, 1.807) is 0 Å². The van der Waals surface area contributed by atoms with E-state index >= 15 is 0 Å². The Balaban J connectivity index is 3.42. The number of amides is 2. The van der Waals surface area contributed by atoms with Gasteiger partial charge in [-0.05, 0) is 12.8 Å². The first-order valence-corrected chi connectivity index (χ1v) is 13.6. The Morgan fingerprint density at radius 1 is 0.382 bits per heavy atom. The number of rotatable bonds is 25. The molecule has 202 valence electrons. The van der Waals surface area contributed by atoms with E-state index in [0.717, 1.165) is 38.5 Å². The van der Waals surface area contributed by atoms with Crippen LogP contribution in [0.25, 0.3) is 0 Å². The van der Waals surface area contributed by atoms with Gasteiger partial charge in [0.25, 0.3) is 0 Å². The molecule has 0 aliphatic rings. The van der Waals surface area contributed by atoms with E-state index in [0.29, 0.717) is 39.0 Å². The van der Waals surface area contributed by atoms with E-state index < -0.39 is 0 Å². The van der Waals surface area contributed by atoms with Crippen LogP contribution in [-0.2, 0) is 9.59 Å². The van der Waals surface area contributed by atoms with E-state index in [9.17, 15) is 9.59 Å². The van der Waals surface area contributed by atoms with Crippen molar-refractivity contribution in [3.05, 3.63) is 0 Å². The number of aliphatic hydroxyl groups is 4.